The van der Waals surface area contributed by atoms with Crippen molar-refractivity contribution in [3.8, 4) is 11.5 Å². The number of nitrogens with zero attached hydrogens (tertiary/aromatic N) is 3. The Morgan fingerprint density at radius 2 is 1.60 bits per heavy atom. The molecule has 0 bridgehead atoms. The van der Waals surface area contributed by atoms with Crippen LogP contribution in [0.1, 0.15) is 35.2 Å². The molecule has 8 nitrogen and oxygen atoms in total. The molecular formula is C32H31F2N3O5S. The Balaban J connectivity index is 1.74. The maximum Gasteiger partial charge on any atom is 0.331 e. The summed E-state index contributed by atoms with van der Waals surface area (Å²) in [6, 6.07) is 18.2. The second kappa shape index (κ2) is 12.4. The van der Waals surface area contributed by atoms with E-state index >= 15 is 0 Å². The van der Waals surface area contributed by atoms with Crippen LogP contribution in [-0.4, -0.2) is 48.3 Å². The summed E-state index contributed by atoms with van der Waals surface area (Å²) in [4.78, 5) is 18.8. The molecule has 224 valence electrons. The third kappa shape index (κ3) is 6.46. The lowest BCUT2D eigenvalue weighted by Gasteiger charge is -2.20. The van der Waals surface area contributed by atoms with E-state index in [1.165, 1.54) is 34.6 Å². The average Bonchev–Trinajstić information content (AvgIpc) is 3.24. The molecule has 3 aromatic carbocycles. The molecule has 0 aliphatic heterocycles. The van der Waals surface area contributed by atoms with E-state index in [9.17, 15) is 22.0 Å². The molecule has 0 radical (unpaired) electrons. The fourth-order valence-electron chi connectivity index (χ4n) is 5.16. The monoisotopic (exact) mass is 607 g/mol. The highest BCUT2D eigenvalue weighted by Gasteiger charge is 2.28. The molecule has 2 heterocycles. The molecule has 0 aliphatic carbocycles. The Hall–Kier alpha value is -4.51. The highest BCUT2D eigenvalue weighted by Crippen LogP contribution is 2.33. The molecule has 1 atom stereocenters. The minimum atomic E-state index is -3.63. The van der Waals surface area contributed by atoms with Crippen LogP contribution in [0.4, 0.5) is 8.78 Å². The number of pyridine rings is 1. The van der Waals surface area contributed by atoms with E-state index in [4.69, 9.17) is 9.47 Å². The maximum absolute atomic E-state index is 14.8. The van der Waals surface area contributed by atoms with Crippen molar-refractivity contribution in [2.45, 2.75) is 25.9 Å². The fraction of sp³-hybridized carbons (Fsp3) is 0.250. The lowest BCUT2D eigenvalue weighted by Crippen LogP contribution is -2.32. The van der Waals surface area contributed by atoms with Gasteiger partial charge in [0.25, 0.3) is 0 Å². The number of hydrogen-bond acceptors (Lipinski definition) is 6. The van der Waals surface area contributed by atoms with Gasteiger partial charge in [-0.2, -0.15) is 0 Å². The van der Waals surface area contributed by atoms with Crippen molar-refractivity contribution in [1.29, 1.82) is 0 Å². The lowest BCUT2D eigenvalue weighted by molar-refractivity contribution is 0.310. The zero-order valence-electron chi connectivity index (χ0n) is 24.0. The van der Waals surface area contributed by atoms with Crippen LogP contribution in [0.15, 0.2) is 83.8 Å². The summed E-state index contributed by atoms with van der Waals surface area (Å²) in [5.74, 6) is -0.433. The van der Waals surface area contributed by atoms with E-state index in [0.29, 0.717) is 40.3 Å². The molecule has 5 rings (SSSR count). The van der Waals surface area contributed by atoms with Crippen molar-refractivity contribution in [3.05, 3.63) is 123 Å². The first-order valence-electron chi connectivity index (χ1n) is 13.6. The molecule has 43 heavy (non-hydrogen) atoms. The van der Waals surface area contributed by atoms with Gasteiger partial charge in [-0.05, 0) is 53.9 Å². The number of imidazole rings is 1. The molecule has 11 heteroatoms. The van der Waals surface area contributed by atoms with Gasteiger partial charge < -0.3 is 9.47 Å². The highest BCUT2D eigenvalue weighted by molar-refractivity contribution is 7.90. The van der Waals surface area contributed by atoms with Crippen LogP contribution >= 0.6 is 0 Å². The number of rotatable bonds is 11. The van der Waals surface area contributed by atoms with Crippen LogP contribution in [-0.2, 0) is 22.8 Å². The molecular weight excluding hydrogens is 576 g/mol. The highest BCUT2D eigenvalue weighted by atomic mass is 32.2. The summed E-state index contributed by atoms with van der Waals surface area (Å²) in [5, 5.41) is 0. The van der Waals surface area contributed by atoms with Gasteiger partial charge in [-0.25, -0.2) is 27.0 Å². The molecule has 0 saturated heterocycles. The lowest BCUT2D eigenvalue weighted by atomic mass is 10.1. The SMILES string of the molecule is CCOc1cc([C@@H](CS(C)(=O)=O)n2c(=O)n(Cc3ccccc3F)c3cc(Cc4ccccc4F)cnc32)ccc1OC. The largest absolute Gasteiger partial charge is 0.493 e. The second-order valence-corrected chi connectivity index (χ2v) is 12.4. The van der Waals surface area contributed by atoms with Crippen molar-refractivity contribution in [2.75, 3.05) is 25.7 Å². The van der Waals surface area contributed by atoms with E-state index < -0.39 is 33.1 Å². The molecule has 0 saturated carbocycles. The number of methoxy groups -OCH3 is 1. The van der Waals surface area contributed by atoms with E-state index in [1.54, 1.807) is 60.7 Å². The van der Waals surface area contributed by atoms with Gasteiger partial charge in [-0.3, -0.25) is 9.13 Å². The van der Waals surface area contributed by atoms with Crippen LogP contribution in [0.25, 0.3) is 11.2 Å². The van der Waals surface area contributed by atoms with E-state index in [-0.39, 0.29) is 30.0 Å². The Morgan fingerprint density at radius 3 is 2.23 bits per heavy atom. The van der Waals surface area contributed by atoms with Crippen LogP contribution in [0, 0.1) is 11.6 Å². The number of sulfone groups is 1. The molecule has 0 aliphatic rings. The normalized spacial score (nSPS) is 12.4. The quantitative estimate of drug-likeness (QED) is 0.206. The van der Waals surface area contributed by atoms with Gasteiger partial charge >= 0.3 is 5.69 Å². The number of benzene rings is 3. The molecule has 5 aromatic rings. The minimum absolute atomic E-state index is 0.127. The van der Waals surface area contributed by atoms with Crippen LogP contribution < -0.4 is 15.2 Å². The topological polar surface area (TPSA) is 92.4 Å². The molecule has 2 aromatic heterocycles. The molecule has 0 fully saturated rings. The molecule has 0 N–H and O–H groups in total. The summed E-state index contributed by atoms with van der Waals surface area (Å²) < 4.78 is 68.5. The molecule has 0 spiro atoms. The summed E-state index contributed by atoms with van der Waals surface area (Å²) in [6.07, 6.45) is 2.84. The second-order valence-electron chi connectivity index (χ2n) is 10.2. The summed E-state index contributed by atoms with van der Waals surface area (Å²) in [5.41, 5.74) is 1.82. The van der Waals surface area contributed by atoms with Gasteiger partial charge in [0.15, 0.2) is 17.1 Å². The number of ether oxygens (including phenoxy) is 2. The Bertz CT molecular complexity index is 1950. The Labute approximate surface area is 248 Å². The molecule has 0 unspecified atom stereocenters. The van der Waals surface area contributed by atoms with Crippen molar-refractivity contribution >= 4 is 21.0 Å². The predicted molar refractivity (Wildman–Crippen MR) is 161 cm³/mol. The summed E-state index contributed by atoms with van der Waals surface area (Å²) >= 11 is 0. The summed E-state index contributed by atoms with van der Waals surface area (Å²) in [7, 11) is -2.13. The van der Waals surface area contributed by atoms with Gasteiger partial charge in [0.1, 0.15) is 21.5 Å². The Kier molecular flexibility index (Phi) is 8.63. The maximum atomic E-state index is 14.8. The van der Waals surface area contributed by atoms with Gasteiger partial charge in [0.05, 0.1) is 37.6 Å². The van der Waals surface area contributed by atoms with E-state index in [1.807, 2.05) is 6.92 Å². The number of aromatic nitrogens is 3. The smallest absolute Gasteiger partial charge is 0.331 e. The zero-order valence-corrected chi connectivity index (χ0v) is 24.8. The third-order valence-electron chi connectivity index (χ3n) is 7.14. The standard InChI is InChI=1S/C32H31F2N3O5S/c1-4-42-30-17-23(13-14-29(30)41-2)28(20-43(3,39)40)37-31-27(36(32(37)38)19-24-10-6-8-12-26(24)34)16-21(18-35-31)15-22-9-5-7-11-25(22)33/h5-14,16-18,28H,4,15,19-20H2,1-3H3/t28-/m1/s1. The van der Waals surface area contributed by atoms with Gasteiger partial charge in [0, 0.05) is 24.4 Å². The van der Waals surface area contributed by atoms with E-state index in [2.05, 4.69) is 4.98 Å². The van der Waals surface area contributed by atoms with Crippen LogP contribution in [0.5, 0.6) is 11.5 Å². The van der Waals surface area contributed by atoms with Gasteiger partial charge in [-0.15, -0.1) is 0 Å². The first kappa shape index (κ1) is 30.0. The number of hydrogen-bond donors (Lipinski definition) is 0. The third-order valence-corrected chi connectivity index (χ3v) is 8.06. The van der Waals surface area contributed by atoms with E-state index in [0.717, 1.165) is 6.26 Å². The van der Waals surface area contributed by atoms with Crippen LogP contribution in [0.3, 0.4) is 0 Å². The zero-order chi connectivity index (χ0) is 30.7. The minimum Gasteiger partial charge on any atom is -0.493 e. The van der Waals surface area contributed by atoms with Crippen LogP contribution in [0.2, 0.25) is 0 Å². The number of halogens is 2. The predicted octanol–water partition coefficient (Wildman–Crippen LogP) is 5.16. The summed E-state index contributed by atoms with van der Waals surface area (Å²) in [6.45, 7) is 2.02. The molecule has 0 amide bonds. The van der Waals surface area contributed by atoms with Crippen molar-refractivity contribution in [1.82, 2.24) is 14.1 Å². The van der Waals surface area contributed by atoms with Gasteiger partial charge in [-0.1, -0.05) is 42.5 Å². The van der Waals surface area contributed by atoms with Crippen molar-refractivity contribution in [3.63, 3.8) is 0 Å². The van der Waals surface area contributed by atoms with Gasteiger partial charge in [0.2, 0.25) is 0 Å². The van der Waals surface area contributed by atoms with Crippen molar-refractivity contribution in [2.24, 2.45) is 0 Å². The number of fused-ring (bicyclic) bond motifs is 1. The fourth-order valence-corrected chi connectivity index (χ4v) is 6.08. The first-order valence-corrected chi connectivity index (χ1v) is 15.7. The average molecular weight is 608 g/mol. The van der Waals surface area contributed by atoms with Crippen molar-refractivity contribution < 1.29 is 26.7 Å². The first-order chi connectivity index (χ1) is 20.6. The Morgan fingerprint density at radius 1 is 0.930 bits per heavy atom.